The Morgan fingerprint density at radius 1 is 1.57 bits per heavy atom. The van der Waals surface area contributed by atoms with Gasteiger partial charge in [-0.25, -0.2) is 0 Å². The lowest BCUT2D eigenvalue weighted by Crippen LogP contribution is -2.22. The summed E-state index contributed by atoms with van der Waals surface area (Å²) in [5.74, 6) is -0.168. The highest BCUT2D eigenvalue weighted by molar-refractivity contribution is 8.02. The molecule has 2 rings (SSSR count). The predicted molar refractivity (Wildman–Crippen MR) is 93.3 cm³/mol. The minimum absolute atomic E-state index is 0.168. The van der Waals surface area contributed by atoms with Gasteiger partial charge in [0.2, 0.25) is 11.0 Å². The first-order valence-corrected chi connectivity index (χ1v) is 9.23. The normalized spacial score (nSPS) is 11.7. The van der Waals surface area contributed by atoms with Gasteiger partial charge in [-0.1, -0.05) is 23.1 Å². The molecule has 1 amide bonds. The second kappa shape index (κ2) is 8.83. The summed E-state index contributed by atoms with van der Waals surface area (Å²) in [6, 6.07) is 3.73. The number of thiophene rings is 1. The molecule has 0 saturated heterocycles. The van der Waals surface area contributed by atoms with Crippen LogP contribution in [0.1, 0.15) is 12.5 Å². The van der Waals surface area contributed by atoms with Crippen molar-refractivity contribution < 1.29 is 9.53 Å². The first-order chi connectivity index (χ1) is 11.1. The summed E-state index contributed by atoms with van der Waals surface area (Å²) >= 11 is 4.05. The number of methoxy groups -OCH3 is 1. The topological polar surface area (TPSA) is 99.9 Å². The van der Waals surface area contributed by atoms with E-state index in [1.165, 1.54) is 34.4 Å². The molecular weight excluding hydrogens is 354 g/mol. The van der Waals surface area contributed by atoms with Crippen LogP contribution in [-0.2, 0) is 9.53 Å². The molecule has 0 spiro atoms. The van der Waals surface area contributed by atoms with E-state index in [9.17, 15) is 4.79 Å². The van der Waals surface area contributed by atoms with E-state index in [2.05, 4.69) is 20.8 Å². The van der Waals surface area contributed by atoms with Crippen molar-refractivity contribution in [1.82, 2.24) is 10.2 Å². The van der Waals surface area contributed by atoms with Crippen molar-refractivity contribution in [3.63, 3.8) is 0 Å². The number of carbonyl (C=O) groups is 1. The summed E-state index contributed by atoms with van der Waals surface area (Å²) in [6.45, 7) is 3.03. The summed E-state index contributed by atoms with van der Waals surface area (Å²) < 4.78 is 5.66. The van der Waals surface area contributed by atoms with E-state index in [0.717, 1.165) is 0 Å². The fraction of sp³-hybridized carbons (Fsp3) is 0.385. The molecule has 1 atom stereocenters. The summed E-state index contributed by atoms with van der Waals surface area (Å²) in [5, 5.41) is 25.6. The zero-order valence-electron chi connectivity index (χ0n) is 12.5. The molecule has 2 aromatic heterocycles. The third-order valence-corrected chi connectivity index (χ3v) is 5.55. The number of hydrogen-bond acceptors (Lipinski definition) is 9. The van der Waals surface area contributed by atoms with E-state index < -0.39 is 0 Å². The molecule has 10 heteroatoms. The maximum absolute atomic E-state index is 12.2. The van der Waals surface area contributed by atoms with Crippen LogP contribution in [0.25, 0.3) is 0 Å². The largest absolute Gasteiger partial charge is 0.383 e. The Kier molecular flexibility index (Phi) is 6.79. The van der Waals surface area contributed by atoms with Gasteiger partial charge in [-0.3, -0.25) is 4.79 Å². The first-order valence-electron chi connectivity index (χ1n) is 6.65. The first kappa shape index (κ1) is 17.7. The van der Waals surface area contributed by atoms with Gasteiger partial charge in [0.05, 0.1) is 17.4 Å². The summed E-state index contributed by atoms with van der Waals surface area (Å²) in [4.78, 5) is 12.2. The molecule has 0 saturated carbocycles. The highest BCUT2D eigenvalue weighted by Gasteiger charge is 2.18. The number of ether oxygens (including phenoxy) is 1. The molecule has 0 aromatic carbocycles. The molecule has 2 aromatic rings. The quantitative estimate of drug-likeness (QED) is 0.545. The number of aromatic nitrogens is 2. The van der Waals surface area contributed by atoms with Gasteiger partial charge in [0, 0.05) is 13.7 Å². The third kappa shape index (κ3) is 5.18. The minimum Gasteiger partial charge on any atom is -0.383 e. The zero-order chi connectivity index (χ0) is 16.7. The lowest BCUT2D eigenvalue weighted by Gasteiger charge is -2.08. The third-order valence-electron chi connectivity index (χ3n) is 2.66. The number of carbonyl (C=O) groups excluding carboxylic acids is 1. The number of nitrogens with one attached hydrogen (secondary N) is 2. The van der Waals surface area contributed by atoms with Crippen LogP contribution in [0.4, 0.5) is 10.1 Å². The maximum atomic E-state index is 12.2. The van der Waals surface area contributed by atoms with Crippen molar-refractivity contribution in [2.75, 3.05) is 30.9 Å². The van der Waals surface area contributed by atoms with Crippen molar-refractivity contribution in [2.24, 2.45) is 0 Å². The molecule has 7 nitrogen and oxygen atoms in total. The van der Waals surface area contributed by atoms with E-state index in [1.54, 1.807) is 25.5 Å². The van der Waals surface area contributed by atoms with Gasteiger partial charge in [-0.2, -0.15) is 5.26 Å². The van der Waals surface area contributed by atoms with Gasteiger partial charge in [0.1, 0.15) is 11.1 Å². The molecule has 0 aliphatic heterocycles. The Bertz CT molecular complexity index is 694. The Morgan fingerprint density at radius 3 is 3.13 bits per heavy atom. The second-order valence-electron chi connectivity index (χ2n) is 4.32. The number of hydrogen-bond donors (Lipinski definition) is 2. The van der Waals surface area contributed by atoms with E-state index in [1.807, 2.05) is 6.07 Å². The number of thioether (sulfide) groups is 1. The van der Waals surface area contributed by atoms with Crippen molar-refractivity contribution >= 4 is 50.5 Å². The average molecular weight is 369 g/mol. The number of nitriles is 1. The van der Waals surface area contributed by atoms with Crippen LogP contribution in [0.5, 0.6) is 0 Å². The molecule has 0 radical (unpaired) electrons. The lowest BCUT2D eigenvalue weighted by molar-refractivity contribution is -0.115. The molecule has 0 aliphatic rings. The highest BCUT2D eigenvalue weighted by Crippen LogP contribution is 2.30. The molecule has 23 heavy (non-hydrogen) atoms. The predicted octanol–water partition coefficient (Wildman–Crippen LogP) is 2.65. The molecule has 0 bridgehead atoms. The molecule has 0 fully saturated rings. The number of nitrogens with zero attached hydrogens (tertiary/aromatic N) is 3. The van der Waals surface area contributed by atoms with E-state index in [-0.39, 0.29) is 11.2 Å². The Hall–Kier alpha value is -1.67. The van der Waals surface area contributed by atoms with Crippen LogP contribution < -0.4 is 10.6 Å². The van der Waals surface area contributed by atoms with Crippen molar-refractivity contribution in [3.05, 3.63) is 17.0 Å². The Morgan fingerprint density at radius 2 is 2.39 bits per heavy atom. The van der Waals surface area contributed by atoms with E-state index in [0.29, 0.717) is 33.2 Å². The van der Waals surface area contributed by atoms with Crippen LogP contribution in [0, 0.1) is 11.3 Å². The van der Waals surface area contributed by atoms with Gasteiger partial charge >= 0.3 is 0 Å². The second-order valence-corrected chi connectivity index (χ2v) is 7.80. The monoisotopic (exact) mass is 369 g/mol. The molecular formula is C13H15N5O2S3. The van der Waals surface area contributed by atoms with Crippen LogP contribution in [-0.4, -0.2) is 41.6 Å². The summed E-state index contributed by atoms with van der Waals surface area (Å²) in [5.41, 5.74) is 0.473. The lowest BCUT2D eigenvalue weighted by atomic mass is 10.3. The number of amides is 1. The molecule has 0 unspecified atom stereocenters. The Balaban J connectivity index is 1.87. The van der Waals surface area contributed by atoms with Crippen LogP contribution in [0.15, 0.2) is 15.8 Å². The van der Waals surface area contributed by atoms with Gasteiger partial charge in [0.25, 0.3) is 0 Å². The van der Waals surface area contributed by atoms with Gasteiger partial charge in [-0.15, -0.1) is 21.5 Å². The summed E-state index contributed by atoms with van der Waals surface area (Å²) in [6.07, 6.45) is 0. The minimum atomic E-state index is -0.344. The zero-order valence-corrected chi connectivity index (χ0v) is 15.0. The van der Waals surface area contributed by atoms with Crippen LogP contribution >= 0.6 is 34.4 Å². The molecule has 2 heterocycles. The number of anilines is 2. The molecule has 122 valence electrons. The Labute approximate surface area is 146 Å². The van der Waals surface area contributed by atoms with Gasteiger partial charge in [-0.05, 0) is 18.4 Å². The standard InChI is InChI=1S/C13H15N5O2S3/c1-8(10(19)16-11-9(7-14)3-6-21-11)22-13-18-17-12(23-13)15-4-5-20-2/h3,6,8H,4-5H2,1-2H3,(H,15,17)(H,16,19)/t8-/m0/s1. The maximum Gasteiger partial charge on any atom is 0.238 e. The van der Waals surface area contributed by atoms with E-state index in [4.69, 9.17) is 10.00 Å². The van der Waals surface area contributed by atoms with Crippen molar-refractivity contribution in [3.8, 4) is 6.07 Å². The smallest absolute Gasteiger partial charge is 0.238 e. The SMILES string of the molecule is COCCNc1nnc(S[C@@H](C)C(=O)Nc2sccc2C#N)s1. The van der Waals surface area contributed by atoms with E-state index >= 15 is 0 Å². The average Bonchev–Trinajstić information content (AvgIpc) is 3.16. The van der Waals surface area contributed by atoms with Gasteiger partial charge < -0.3 is 15.4 Å². The van der Waals surface area contributed by atoms with Crippen molar-refractivity contribution in [1.29, 1.82) is 5.26 Å². The summed E-state index contributed by atoms with van der Waals surface area (Å²) in [7, 11) is 1.63. The van der Waals surface area contributed by atoms with Crippen molar-refractivity contribution in [2.45, 2.75) is 16.5 Å². The highest BCUT2D eigenvalue weighted by atomic mass is 32.2. The van der Waals surface area contributed by atoms with Gasteiger partial charge in [0.15, 0.2) is 4.34 Å². The fourth-order valence-electron chi connectivity index (χ4n) is 1.50. The molecule has 0 aliphatic carbocycles. The molecule has 2 N–H and O–H groups in total. The van der Waals surface area contributed by atoms with Crippen LogP contribution in [0.2, 0.25) is 0 Å². The number of rotatable bonds is 8. The fourth-order valence-corrected chi connectivity index (χ4v) is 4.16. The van der Waals surface area contributed by atoms with Crippen LogP contribution in [0.3, 0.4) is 0 Å².